The second-order valence-corrected chi connectivity index (χ2v) is 4.36. The normalized spacial score (nSPS) is 11.4. The molecule has 0 aromatic heterocycles. The van der Waals surface area contributed by atoms with Crippen molar-refractivity contribution in [2.24, 2.45) is 0 Å². The summed E-state index contributed by atoms with van der Waals surface area (Å²) >= 11 is 4.05. The van der Waals surface area contributed by atoms with E-state index in [2.05, 4.69) is 23.3 Å². The second-order valence-electron chi connectivity index (χ2n) is 3.99. The zero-order chi connectivity index (χ0) is 15.1. The number of benzene rings is 1. The number of methoxy groups -OCH3 is 2. The number of ether oxygens (including phenoxy) is 2. The second kappa shape index (κ2) is 7.64. The Morgan fingerprint density at radius 1 is 1.25 bits per heavy atom. The van der Waals surface area contributed by atoms with Crippen LogP contribution in [0.15, 0.2) is 18.2 Å². The lowest BCUT2D eigenvalue weighted by Crippen LogP contribution is -2.44. The van der Waals surface area contributed by atoms with Gasteiger partial charge in [-0.2, -0.15) is 12.6 Å². The molecule has 0 saturated carbocycles. The number of hydrogen-bond acceptors (Lipinski definition) is 5. The van der Waals surface area contributed by atoms with Crippen molar-refractivity contribution >= 4 is 30.1 Å². The van der Waals surface area contributed by atoms with Crippen molar-refractivity contribution in [1.82, 2.24) is 5.32 Å². The van der Waals surface area contributed by atoms with Gasteiger partial charge in [0.1, 0.15) is 6.04 Å². The van der Waals surface area contributed by atoms with E-state index in [9.17, 15) is 9.59 Å². The minimum atomic E-state index is -0.691. The third kappa shape index (κ3) is 4.34. The summed E-state index contributed by atoms with van der Waals surface area (Å²) in [5.74, 6) is 0.651. The molecule has 6 nitrogen and oxygen atoms in total. The Hall–Kier alpha value is -1.89. The van der Waals surface area contributed by atoms with Gasteiger partial charge in [0.2, 0.25) is 11.8 Å². The summed E-state index contributed by atoms with van der Waals surface area (Å²) in [6.07, 6.45) is 0. The molecule has 1 rings (SSSR count). The van der Waals surface area contributed by atoms with Gasteiger partial charge < -0.3 is 20.1 Å². The summed E-state index contributed by atoms with van der Waals surface area (Å²) in [4.78, 5) is 23.0. The van der Waals surface area contributed by atoms with Gasteiger partial charge in [0.05, 0.1) is 14.2 Å². The summed E-state index contributed by atoms with van der Waals surface area (Å²) in [5, 5.41) is 5.20. The fourth-order valence-electron chi connectivity index (χ4n) is 1.58. The molecule has 0 aliphatic heterocycles. The molecular formula is C13H18N2O4S. The molecule has 2 N–H and O–H groups in total. The number of amides is 2. The third-order valence-corrected chi connectivity index (χ3v) is 2.89. The van der Waals surface area contributed by atoms with E-state index in [1.807, 2.05) is 0 Å². The molecule has 0 spiro atoms. The summed E-state index contributed by atoms with van der Waals surface area (Å²) in [7, 11) is 3.04. The SMILES string of the molecule is COc1ccc(NC(=O)C(CS)NC(C)=O)cc1OC. The average molecular weight is 298 g/mol. The quantitative estimate of drug-likeness (QED) is 0.687. The number of thiol groups is 1. The highest BCUT2D eigenvalue weighted by molar-refractivity contribution is 7.80. The molecule has 110 valence electrons. The summed E-state index contributed by atoms with van der Waals surface area (Å²) < 4.78 is 10.3. The topological polar surface area (TPSA) is 76.7 Å². The number of hydrogen-bond donors (Lipinski definition) is 3. The van der Waals surface area contributed by atoms with E-state index < -0.39 is 6.04 Å². The highest BCUT2D eigenvalue weighted by atomic mass is 32.1. The predicted molar refractivity (Wildman–Crippen MR) is 79.6 cm³/mol. The van der Waals surface area contributed by atoms with Gasteiger partial charge in [0, 0.05) is 24.4 Å². The lowest BCUT2D eigenvalue weighted by molar-refractivity contribution is -0.124. The number of anilines is 1. The Morgan fingerprint density at radius 3 is 2.40 bits per heavy atom. The third-order valence-electron chi connectivity index (χ3n) is 2.53. The van der Waals surface area contributed by atoms with Gasteiger partial charge in [-0.05, 0) is 12.1 Å². The van der Waals surface area contributed by atoms with E-state index in [1.165, 1.54) is 21.1 Å². The minimum Gasteiger partial charge on any atom is -0.493 e. The molecule has 0 aliphatic rings. The van der Waals surface area contributed by atoms with Crippen LogP contribution in [0.4, 0.5) is 5.69 Å². The van der Waals surface area contributed by atoms with Crippen molar-refractivity contribution in [1.29, 1.82) is 0 Å². The zero-order valence-electron chi connectivity index (χ0n) is 11.6. The van der Waals surface area contributed by atoms with Crippen LogP contribution in [0.1, 0.15) is 6.92 Å². The maximum absolute atomic E-state index is 12.0. The fourth-order valence-corrected chi connectivity index (χ4v) is 1.84. The van der Waals surface area contributed by atoms with E-state index in [1.54, 1.807) is 18.2 Å². The van der Waals surface area contributed by atoms with Crippen LogP contribution in [0.3, 0.4) is 0 Å². The van der Waals surface area contributed by atoms with Crippen LogP contribution in [-0.2, 0) is 9.59 Å². The van der Waals surface area contributed by atoms with Crippen molar-refractivity contribution in [3.63, 3.8) is 0 Å². The zero-order valence-corrected chi connectivity index (χ0v) is 12.5. The van der Waals surface area contributed by atoms with E-state index in [4.69, 9.17) is 9.47 Å². The van der Waals surface area contributed by atoms with Gasteiger partial charge in [0.25, 0.3) is 0 Å². The first kappa shape index (κ1) is 16.2. The molecule has 2 amide bonds. The molecular weight excluding hydrogens is 280 g/mol. The van der Waals surface area contributed by atoms with Crippen LogP contribution < -0.4 is 20.1 Å². The molecule has 0 heterocycles. The van der Waals surface area contributed by atoms with E-state index in [-0.39, 0.29) is 17.6 Å². The molecule has 1 aromatic rings. The largest absolute Gasteiger partial charge is 0.493 e. The standard InChI is InChI=1S/C13H18N2O4S/c1-8(16)14-10(7-20)13(17)15-9-4-5-11(18-2)12(6-9)19-3/h4-6,10,20H,7H2,1-3H3,(H,14,16)(H,15,17). The van der Waals surface area contributed by atoms with Gasteiger partial charge in [-0.25, -0.2) is 0 Å². The van der Waals surface area contributed by atoms with E-state index >= 15 is 0 Å². The number of rotatable bonds is 6. The highest BCUT2D eigenvalue weighted by Gasteiger charge is 2.18. The highest BCUT2D eigenvalue weighted by Crippen LogP contribution is 2.29. The maximum atomic E-state index is 12.0. The van der Waals surface area contributed by atoms with Crippen LogP contribution in [0.5, 0.6) is 11.5 Å². The summed E-state index contributed by atoms with van der Waals surface area (Å²) in [6.45, 7) is 1.35. The summed E-state index contributed by atoms with van der Waals surface area (Å²) in [6, 6.07) is 4.31. The molecule has 0 aliphatic carbocycles. The first-order valence-electron chi connectivity index (χ1n) is 5.92. The van der Waals surface area contributed by atoms with Crippen molar-refractivity contribution in [2.75, 3.05) is 25.3 Å². The predicted octanol–water partition coefficient (Wildman–Crippen LogP) is 1.08. The van der Waals surface area contributed by atoms with E-state index in [0.29, 0.717) is 17.2 Å². The van der Waals surface area contributed by atoms with Gasteiger partial charge >= 0.3 is 0 Å². The van der Waals surface area contributed by atoms with Gasteiger partial charge in [-0.15, -0.1) is 0 Å². The molecule has 0 radical (unpaired) electrons. The van der Waals surface area contributed by atoms with Crippen molar-refractivity contribution < 1.29 is 19.1 Å². The Labute approximate surface area is 123 Å². The monoisotopic (exact) mass is 298 g/mol. The van der Waals surface area contributed by atoms with Gasteiger partial charge in [0.15, 0.2) is 11.5 Å². The van der Waals surface area contributed by atoms with Crippen LogP contribution in [-0.4, -0.2) is 37.8 Å². The van der Waals surface area contributed by atoms with Gasteiger partial charge in [-0.1, -0.05) is 0 Å². The number of carbonyl (C=O) groups excluding carboxylic acids is 2. The summed E-state index contributed by atoms with van der Waals surface area (Å²) in [5.41, 5.74) is 0.546. The van der Waals surface area contributed by atoms with Gasteiger partial charge in [-0.3, -0.25) is 9.59 Å². The maximum Gasteiger partial charge on any atom is 0.247 e. The Balaban J connectivity index is 2.81. The fraction of sp³-hybridized carbons (Fsp3) is 0.385. The van der Waals surface area contributed by atoms with Crippen LogP contribution in [0.25, 0.3) is 0 Å². The Bertz CT molecular complexity index is 493. The molecule has 7 heteroatoms. The number of carbonyl (C=O) groups is 2. The Morgan fingerprint density at radius 2 is 1.90 bits per heavy atom. The van der Waals surface area contributed by atoms with Crippen molar-refractivity contribution in [3.05, 3.63) is 18.2 Å². The molecule has 0 fully saturated rings. The molecule has 1 aromatic carbocycles. The molecule has 1 atom stereocenters. The molecule has 0 bridgehead atoms. The van der Waals surface area contributed by atoms with Crippen LogP contribution >= 0.6 is 12.6 Å². The van der Waals surface area contributed by atoms with E-state index in [0.717, 1.165) is 0 Å². The minimum absolute atomic E-state index is 0.207. The first-order chi connectivity index (χ1) is 9.51. The van der Waals surface area contributed by atoms with Crippen LogP contribution in [0, 0.1) is 0 Å². The molecule has 0 saturated heterocycles. The Kier molecular flexibility index (Phi) is 6.17. The van der Waals surface area contributed by atoms with Crippen LogP contribution in [0.2, 0.25) is 0 Å². The lowest BCUT2D eigenvalue weighted by atomic mass is 10.2. The first-order valence-corrected chi connectivity index (χ1v) is 6.56. The smallest absolute Gasteiger partial charge is 0.247 e. The van der Waals surface area contributed by atoms with Crippen molar-refractivity contribution in [3.8, 4) is 11.5 Å². The molecule has 20 heavy (non-hydrogen) atoms. The number of nitrogens with one attached hydrogen (secondary N) is 2. The van der Waals surface area contributed by atoms with Crippen molar-refractivity contribution in [2.45, 2.75) is 13.0 Å². The average Bonchev–Trinajstić information content (AvgIpc) is 2.44. The molecule has 1 unspecified atom stereocenters. The lowest BCUT2D eigenvalue weighted by Gasteiger charge is -2.16.